The van der Waals surface area contributed by atoms with Gasteiger partial charge in [-0.2, -0.15) is 0 Å². The smallest absolute Gasteiger partial charge is 0.330 e. The van der Waals surface area contributed by atoms with Gasteiger partial charge in [-0.15, -0.1) is 0 Å². The van der Waals surface area contributed by atoms with Crippen LogP contribution >= 0.6 is 15.9 Å². The van der Waals surface area contributed by atoms with E-state index in [1.165, 1.54) is 18.7 Å². The third kappa shape index (κ3) is 3.34. The molecule has 0 fully saturated rings. The van der Waals surface area contributed by atoms with Crippen molar-refractivity contribution in [3.8, 4) is 0 Å². The van der Waals surface area contributed by atoms with Gasteiger partial charge in [-0.05, 0) is 17.2 Å². The summed E-state index contributed by atoms with van der Waals surface area (Å²) in [5.74, 6) is -0.339. The highest BCUT2D eigenvalue weighted by Gasteiger charge is 1.93. The van der Waals surface area contributed by atoms with Crippen LogP contribution in [0.4, 0.5) is 0 Å². The Hall–Kier alpha value is -1.09. The number of carbonyl (C=O) groups excluding carboxylic acids is 1. The molecule has 0 N–H and O–H groups in total. The first-order valence-electron chi connectivity index (χ1n) is 4.17. The Kier molecular flexibility index (Phi) is 4.40. The quantitative estimate of drug-likeness (QED) is 0.471. The fourth-order valence-electron chi connectivity index (χ4n) is 1.01. The van der Waals surface area contributed by atoms with Gasteiger partial charge in [-0.3, -0.25) is 0 Å². The minimum Gasteiger partial charge on any atom is -0.466 e. The lowest BCUT2D eigenvalue weighted by Crippen LogP contribution is -1.93. The first-order chi connectivity index (χ1) is 6.76. The summed E-state index contributed by atoms with van der Waals surface area (Å²) in [4.78, 5) is 10.8. The summed E-state index contributed by atoms with van der Waals surface area (Å²) in [6, 6.07) is 7.91. The first-order valence-corrected chi connectivity index (χ1v) is 5.29. The van der Waals surface area contributed by atoms with Crippen LogP contribution in [0.15, 0.2) is 30.3 Å². The third-order valence-electron chi connectivity index (χ3n) is 1.72. The molecule has 0 aliphatic carbocycles. The molecule has 1 aromatic carbocycles. The van der Waals surface area contributed by atoms with E-state index in [-0.39, 0.29) is 5.97 Å². The summed E-state index contributed by atoms with van der Waals surface area (Å²) in [6.07, 6.45) is 3.14. The van der Waals surface area contributed by atoms with E-state index in [1.807, 2.05) is 24.3 Å². The van der Waals surface area contributed by atoms with Crippen LogP contribution in [-0.2, 0) is 14.9 Å². The van der Waals surface area contributed by atoms with Crippen LogP contribution in [0.5, 0.6) is 0 Å². The molecule has 0 radical (unpaired) electrons. The molecule has 1 aromatic rings. The molecule has 1 rings (SSSR count). The van der Waals surface area contributed by atoms with Crippen molar-refractivity contribution in [3.63, 3.8) is 0 Å². The summed E-state index contributed by atoms with van der Waals surface area (Å²) >= 11 is 3.37. The number of methoxy groups -OCH3 is 1. The van der Waals surface area contributed by atoms with Gasteiger partial charge in [-0.25, -0.2) is 4.79 Å². The summed E-state index contributed by atoms with van der Waals surface area (Å²) in [5, 5.41) is 0.812. The monoisotopic (exact) mass is 254 g/mol. The Labute approximate surface area is 91.7 Å². The summed E-state index contributed by atoms with van der Waals surface area (Å²) in [7, 11) is 1.36. The van der Waals surface area contributed by atoms with E-state index in [1.54, 1.807) is 6.08 Å². The Morgan fingerprint density at radius 1 is 1.57 bits per heavy atom. The predicted octanol–water partition coefficient (Wildman–Crippen LogP) is 2.77. The lowest BCUT2D eigenvalue weighted by atomic mass is 10.1. The van der Waals surface area contributed by atoms with Gasteiger partial charge in [0.2, 0.25) is 0 Å². The van der Waals surface area contributed by atoms with Crippen molar-refractivity contribution in [3.05, 3.63) is 41.5 Å². The van der Waals surface area contributed by atoms with Crippen molar-refractivity contribution in [1.29, 1.82) is 0 Å². The molecule has 0 amide bonds. The number of halogens is 1. The van der Waals surface area contributed by atoms with Crippen molar-refractivity contribution in [2.75, 3.05) is 7.11 Å². The first kappa shape index (κ1) is 11.0. The maximum absolute atomic E-state index is 10.8. The zero-order valence-corrected chi connectivity index (χ0v) is 9.45. The molecular formula is C11H11BrO2. The summed E-state index contributed by atoms with van der Waals surface area (Å²) < 4.78 is 4.49. The highest BCUT2D eigenvalue weighted by Crippen LogP contribution is 2.10. The Morgan fingerprint density at radius 3 is 3.00 bits per heavy atom. The zero-order chi connectivity index (χ0) is 10.4. The van der Waals surface area contributed by atoms with Gasteiger partial charge in [0.15, 0.2) is 0 Å². The van der Waals surface area contributed by atoms with Crippen LogP contribution in [0.2, 0.25) is 0 Å². The molecule has 0 aliphatic rings. The highest BCUT2D eigenvalue weighted by molar-refractivity contribution is 9.08. The summed E-state index contributed by atoms with van der Waals surface area (Å²) in [5.41, 5.74) is 2.17. The number of hydrogen-bond donors (Lipinski definition) is 0. The van der Waals surface area contributed by atoms with E-state index in [0.29, 0.717) is 0 Å². The van der Waals surface area contributed by atoms with Crippen LogP contribution in [0, 0.1) is 0 Å². The molecule has 14 heavy (non-hydrogen) atoms. The fraction of sp³-hybridized carbons (Fsp3) is 0.182. The Bertz CT molecular complexity index is 345. The van der Waals surface area contributed by atoms with Crippen molar-refractivity contribution >= 4 is 28.0 Å². The molecule has 0 saturated heterocycles. The lowest BCUT2D eigenvalue weighted by Gasteiger charge is -1.97. The van der Waals surface area contributed by atoms with Gasteiger partial charge in [0, 0.05) is 11.4 Å². The van der Waals surface area contributed by atoms with Gasteiger partial charge < -0.3 is 4.74 Å². The number of benzene rings is 1. The molecule has 0 bridgehead atoms. The van der Waals surface area contributed by atoms with E-state index < -0.39 is 0 Å². The minimum atomic E-state index is -0.339. The SMILES string of the molecule is COC(=O)/C=C/c1cccc(CBr)c1. The molecule has 0 aromatic heterocycles. The number of carbonyl (C=O) groups is 1. The van der Waals surface area contributed by atoms with E-state index in [4.69, 9.17) is 0 Å². The molecule has 0 saturated carbocycles. The van der Waals surface area contributed by atoms with Crippen LogP contribution in [0.25, 0.3) is 6.08 Å². The highest BCUT2D eigenvalue weighted by atomic mass is 79.9. The molecule has 0 unspecified atom stereocenters. The lowest BCUT2D eigenvalue weighted by molar-refractivity contribution is -0.134. The van der Waals surface area contributed by atoms with E-state index in [0.717, 1.165) is 10.9 Å². The average molecular weight is 255 g/mol. The summed E-state index contributed by atoms with van der Waals surface area (Å²) in [6.45, 7) is 0. The third-order valence-corrected chi connectivity index (χ3v) is 2.37. The molecule has 2 nitrogen and oxygen atoms in total. The average Bonchev–Trinajstić information content (AvgIpc) is 2.26. The fourth-order valence-corrected chi connectivity index (χ4v) is 1.36. The number of ether oxygens (including phenoxy) is 1. The van der Waals surface area contributed by atoms with Crippen molar-refractivity contribution in [2.24, 2.45) is 0 Å². The van der Waals surface area contributed by atoms with Crippen molar-refractivity contribution in [1.82, 2.24) is 0 Å². The zero-order valence-electron chi connectivity index (χ0n) is 7.87. The Morgan fingerprint density at radius 2 is 2.36 bits per heavy atom. The van der Waals surface area contributed by atoms with Crippen molar-refractivity contribution < 1.29 is 9.53 Å². The molecule has 3 heteroatoms. The molecule has 0 spiro atoms. The van der Waals surface area contributed by atoms with Gasteiger partial charge in [0.1, 0.15) is 0 Å². The topological polar surface area (TPSA) is 26.3 Å². The number of hydrogen-bond acceptors (Lipinski definition) is 2. The maximum Gasteiger partial charge on any atom is 0.330 e. The molecule has 0 aliphatic heterocycles. The number of rotatable bonds is 3. The standard InChI is InChI=1S/C11H11BrO2/c1-14-11(13)6-5-9-3-2-4-10(7-9)8-12/h2-7H,8H2,1H3/b6-5+. The molecule has 0 heterocycles. The second kappa shape index (κ2) is 5.60. The van der Waals surface area contributed by atoms with Crippen LogP contribution in [-0.4, -0.2) is 13.1 Å². The predicted molar refractivity (Wildman–Crippen MR) is 60.1 cm³/mol. The van der Waals surface area contributed by atoms with Gasteiger partial charge in [-0.1, -0.05) is 40.2 Å². The van der Waals surface area contributed by atoms with Crippen LogP contribution in [0.3, 0.4) is 0 Å². The molecule has 74 valence electrons. The second-order valence-electron chi connectivity index (χ2n) is 2.74. The van der Waals surface area contributed by atoms with Crippen molar-refractivity contribution in [2.45, 2.75) is 5.33 Å². The second-order valence-corrected chi connectivity index (χ2v) is 3.30. The molecular weight excluding hydrogens is 244 g/mol. The van der Waals surface area contributed by atoms with Crippen LogP contribution in [0.1, 0.15) is 11.1 Å². The van der Waals surface area contributed by atoms with E-state index in [2.05, 4.69) is 20.7 Å². The number of esters is 1. The normalized spacial score (nSPS) is 10.4. The van der Waals surface area contributed by atoms with E-state index >= 15 is 0 Å². The number of alkyl halides is 1. The van der Waals surface area contributed by atoms with Gasteiger partial charge in [0.25, 0.3) is 0 Å². The largest absolute Gasteiger partial charge is 0.466 e. The Balaban J connectivity index is 2.76. The molecule has 0 atom stereocenters. The minimum absolute atomic E-state index is 0.339. The van der Waals surface area contributed by atoms with Gasteiger partial charge in [0.05, 0.1) is 7.11 Å². The van der Waals surface area contributed by atoms with Crippen LogP contribution < -0.4 is 0 Å². The van der Waals surface area contributed by atoms with Gasteiger partial charge >= 0.3 is 5.97 Å². The maximum atomic E-state index is 10.8. The van der Waals surface area contributed by atoms with E-state index in [9.17, 15) is 4.79 Å².